The fourth-order valence-electron chi connectivity index (χ4n) is 1.60. The summed E-state index contributed by atoms with van der Waals surface area (Å²) in [6.45, 7) is 3.77. The Morgan fingerprint density at radius 1 is 1.47 bits per heavy atom. The van der Waals surface area contributed by atoms with E-state index in [1.165, 1.54) is 5.01 Å². The number of rotatable bonds is 8. The second kappa shape index (κ2) is 7.62. The maximum Gasteiger partial charge on any atom is 0.191 e. The maximum absolute atomic E-state index is 5.05. The van der Waals surface area contributed by atoms with Crippen molar-refractivity contribution in [3.05, 3.63) is 22.4 Å². The van der Waals surface area contributed by atoms with Gasteiger partial charge >= 0.3 is 0 Å². The first-order chi connectivity index (χ1) is 9.33. The van der Waals surface area contributed by atoms with Crippen molar-refractivity contribution in [3.8, 4) is 0 Å². The highest BCUT2D eigenvalue weighted by Crippen LogP contribution is 2.22. The zero-order valence-electron chi connectivity index (χ0n) is 11.2. The monoisotopic (exact) mass is 298 g/mol. The Morgan fingerprint density at radius 3 is 3.11 bits per heavy atom. The SMILES string of the molecule is CCc1nc(CSc2nncn2CCCOC)cs1. The van der Waals surface area contributed by atoms with E-state index in [0.717, 1.165) is 42.6 Å². The van der Waals surface area contributed by atoms with E-state index in [2.05, 4.69) is 32.1 Å². The molecule has 0 aliphatic carbocycles. The predicted molar refractivity (Wildman–Crippen MR) is 77.6 cm³/mol. The molecule has 0 atom stereocenters. The van der Waals surface area contributed by atoms with Crippen LogP contribution in [0.4, 0.5) is 0 Å². The van der Waals surface area contributed by atoms with Crippen molar-refractivity contribution in [3.63, 3.8) is 0 Å². The second-order valence-electron chi connectivity index (χ2n) is 4.03. The van der Waals surface area contributed by atoms with Gasteiger partial charge < -0.3 is 9.30 Å². The minimum atomic E-state index is 0.758. The second-order valence-corrected chi connectivity index (χ2v) is 5.91. The van der Waals surface area contributed by atoms with Crippen molar-refractivity contribution in [2.24, 2.45) is 0 Å². The van der Waals surface area contributed by atoms with Gasteiger partial charge in [0.25, 0.3) is 0 Å². The minimum absolute atomic E-state index is 0.758. The average molecular weight is 298 g/mol. The molecule has 2 rings (SSSR count). The van der Waals surface area contributed by atoms with Gasteiger partial charge in [-0.3, -0.25) is 0 Å². The molecule has 0 N–H and O–H groups in total. The number of aryl methyl sites for hydroxylation is 2. The summed E-state index contributed by atoms with van der Waals surface area (Å²) in [7, 11) is 1.72. The Bertz CT molecular complexity index is 497. The van der Waals surface area contributed by atoms with E-state index < -0.39 is 0 Å². The molecule has 19 heavy (non-hydrogen) atoms. The van der Waals surface area contributed by atoms with Crippen molar-refractivity contribution in [1.82, 2.24) is 19.7 Å². The first-order valence-electron chi connectivity index (χ1n) is 6.26. The van der Waals surface area contributed by atoms with Gasteiger partial charge in [-0.1, -0.05) is 18.7 Å². The highest BCUT2D eigenvalue weighted by Gasteiger charge is 2.07. The lowest BCUT2D eigenvalue weighted by molar-refractivity contribution is 0.189. The van der Waals surface area contributed by atoms with Gasteiger partial charge in [0.15, 0.2) is 5.16 Å². The maximum atomic E-state index is 5.05. The van der Waals surface area contributed by atoms with E-state index in [4.69, 9.17) is 4.74 Å². The molecule has 2 aromatic rings. The van der Waals surface area contributed by atoms with Gasteiger partial charge in [0, 0.05) is 31.4 Å². The molecule has 0 saturated heterocycles. The molecular weight excluding hydrogens is 280 g/mol. The lowest BCUT2D eigenvalue weighted by Gasteiger charge is -2.04. The molecule has 0 radical (unpaired) electrons. The lowest BCUT2D eigenvalue weighted by Crippen LogP contribution is -2.02. The van der Waals surface area contributed by atoms with Crippen LogP contribution in [0.2, 0.25) is 0 Å². The summed E-state index contributed by atoms with van der Waals surface area (Å²) < 4.78 is 7.12. The summed E-state index contributed by atoms with van der Waals surface area (Å²) in [6.07, 6.45) is 3.75. The Kier molecular flexibility index (Phi) is 5.81. The zero-order chi connectivity index (χ0) is 13.5. The van der Waals surface area contributed by atoms with Crippen LogP contribution in [-0.2, 0) is 23.5 Å². The third-order valence-electron chi connectivity index (χ3n) is 2.58. The lowest BCUT2D eigenvalue weighted by atomic mass is 10.4. The molecular formula is C12H18N4OS2. The number of aromatic nitrogens is 4. The van der Waals surface area contributed by atoms with Gasteiger partial charge in [-0.2, -0.15) is 0 Å². The Hall–Kier alpha value is -0.920. The van der Waals surface area contributed by atoms with Gasteiger partial charge in [0.1, 0.15) is 6.33 Å². The number of hydrogen-bond acceptors (Lipinski definition) is 6. The molecule has 0 unspecified atom stereocenters. The Balaban J connectivity index is 1.86. The number of thiazole rings is 1. The molecule has 2 aromatic heterocycles. The summed E-state index contributed by atoms with van der Waals surface area (Å²) in [5, 5.41) is 12.4. The van der Waals surface area contributed by atoms with Crippen LogP contribution in [0.5, 0.6) is 0 Å². The molecule has 0 spiro atoms. The summed E-state index contributed by atoms with van der Waals surface area (Å²) in [5.41, 5.74) is 1.12. The van der Waals surface area contributed by atoms with Crippen LogP contribution in [0.25, 0.3) is 0 Å². The first-order valence-corrected chi connectivity index (χ1v) is 8.12. The van der Waals surface area contributed by atoms with E-state index in [1.807, 2.05) is 0 Å². The van der Waals surface area contributed by atoms with Gasteiger partial charge in [0.2, 0.25) is 0 Å². The highest BCUT2D eigenvalue weighted by atomic mass is 32.2. The van der Waals surface area contributed by atoms with Crippen LogP contribution in [-0.4, -0.2) is 33.5 Å². The van der Waals surface area contributed by atoms with E-state index in [9.17, 15) is 0 Å². The summed E-state index contributed by atoms with van der Waals surface area (Å²) in [6, 6.07) is 0. The third-order valence-corrected chi connectivity index (χ3v) is 4.63. The molecule has 0 aromatic carbocycles. The minimum Gasteiger partial charge on any atom is -0.385 e. The predicted octanol–water partition coefficient (Wildman–Crippen LogP) is 2.63. The van der Waals surface area contributed by atoms with Crippen molar-refractivity contribution in [2.75, 3.05) is 13.7 Å². The van der Waals surface area contributed by atoms with Gasteiger partial charge in [-0.25, -0.2) is 4.98 Å². The first kappa shape index (κ1) is 14.5. The molecule has 2 heterocycles. The number of methoxy groups -OCH3 is 1. The van der Waals surface area contributed by atoms with Crippen molar-refractivity contribution < 1.29 is 4.74 Å². The van der Waals surface area contributed by atoms with E-state index >= 15 is 0 Å². The van der Waals surface area contributed by atoms with E-state index in [-0.39, 0.29) is 0 Å². The fraction of sp³-hybridized carbons (Fsp3) is 0.583. The molecule has 0 saturated carbocycles. The summed E-state index contributed by atoms with van der Waals surface area (Å²) in [5.74, 6) is 0.847. The van der Waals surface area contributed by atoms with Crippen LogP contribution < -0.4 is 0 Å². The number of thioether (sulfide) groups is 1. The van der Waals surface area contributed by atoms with Crippen LogP contribution in [0.15, 0.2) is 16.9 Å². The molecule has 0 aliphatic rings. The molecule has 7 heteroatoms. The quantitative estimate of drug-likeness (QED) is 0.554. The number of ether oxygens (including phenoxy) is 1. The van der Waals surface area contributed by atoms with Crippen LogP contribution >= 0.6 is 23.1 Å². The standard InChI is InChI=1S/C12H18N4OS2/c1-3-11-14-10(7-18-11)8-19-12-15-13-9-16(12)5-4-6-17-2/h7,9H,3-6,8H2,1-2H3. The van der Waals surface area contributed by atoms with E-state index in [0.29, 0.717) is 0 Å². The van der Waals surface area contributed by atoms with Crippen molar-refractivity contribution in [1.29, 1.82) is 0 Å². The number of nitrogens with zero attached hydrogens (tertiary/aromatic N) is 4. The van der Waals surface area contributed by atoms with Gasteiger partial charge in [-0.05, 0) is 12.8 Å². The van der Waals surface area contributed by atoms with Crippen molar-refractivity contribution >= 4 is 23.1 Å². The smallest absolute Gasteiger partial charge is 0.191 e. The Morgan fingerprint density at radius 2 is 2.37 bits per heavy atom. The normalized spacial score (nSPS) is 11.1. The van der Waals surface area contributed by atoms with Crippen molar-refractivity contribution in [2.45, 2.75) is 37.2 Å². The van der Waals surface area contributed by atoms with Crippen LogP contribution in [0, 0.1) is 0 Å². The zero-order valence-corrected chi connectivity index (χ0v) is 12.8. The largest absolute Gasteiger partial charge is 0.385 e. The Labute approximate surface area is 121 Å². The van der Waals surface area contributed by atoms with Crippen LogP contribution in [0.1, 0.15) is 24.0 Å². The van der Waals surface area contributed by atoms with Gasteiger partial charge in [-0.15, -0.1) is 21.5 Å². The highest BCUT2D eigenvalue weighted by molar-refractivity contribution is 7.98. The molecule has 0 amide bonds. The van der Waals surface area contributed by atoms with Crippen LogP contribution in [0.3, 0.4) is 0 Å². The third kappa shape index (κ3) is 4.29. The number of hydrogen-bond donors (Lipinski definition) is 0. The molecule has 0 fully saturated rings. The topological polar surface area (TPSA) is 52.8 Å². The molecule has 5 nitrogen and oxygen atoms in total. The molecule has 104 valence electrons. The van der Waals surface area contributed by atoms with E-state index in [1.54, 1.807) is 36.5 Å². The fourth-order valence-corrected chi connectivity index (χ4v) is 3.29. The molecule has 0 bridgehead atoms. The average Bonchev–Trinajstić information content (AvgIpc) is 3.05. The summed E-state index contributed by atoms with van der Waals surface area (Å²) >= 11 is 3.41. The summed E-state index contributed by atoms with van der Waals surface area (Å²) in [4.78, 5) is 4.55. The molecule has 0 aliphatic heterocycles. The van der Waals surface area contributed by atoms with Gasteiger partial charge in [0.05, 0.1) is 10.7 Å².